The lowest BCUT2D eigenvalue weighted by molar-refractivity contribution is -0.121. The SMILES string of the molecule is CCC(C)NC(=O)CCNCc1ccc(CO)cc1. The van der Waals surface area contributed by atoms with E-state index >= 15 is 0 Å². The number of hydrogen-bond donors (Lipinski definition) is 3. The Morgan fingerprint density at radius 1 is 1.26 bits per heavy atom. The Balaban J connectivity index is 2.17. The molecular weight excluding hydrogens is 240 g/mol. The second kappa shape index (κ2) is 8.67. The number of rotatable bonds is 8. The predicted molar refractivity (Wildman–Crippen MR) is 76.6 cm³/mol. The van der Waals surface area contributed by atoms with Crippen LogP contribution in [0, 0.1) is 0 Å². The van der Waals surface area contributed by atoms with Gasteiger partial charge in [0.1, 0.15) is 0 Å². The molecule has 0 saturated heterocycles. The summed E-state index contributed by atoms with van der Waals surface area (Å²) >= 11 is 0. The van der Waals surface area contributed by atoms with Gasteiger partial charge >= 0.3 is 0 Å². The molecule has 0 aliphatic heterocycles. The standard InChI is InChI=1S/C15H24N2O2/c1-3-12(2)17-15(19)8-9-16-10-13-4-6-14(11-18)7-5-13/h4-7,12,16,18H,3,8-11H2,1-2H3,(H,17,19). The van der Waals surface area contributed by atoms with E-state index in [1.54, 1.807) is 0 Å². The number of benzene rings is 1. The van der Waals surface area contributed by atoms with Gasteiger partial charge in [-0.05, 0) is 24.5 Å². The first kappa shape index (κ1) is 15.7. The van der Waals surface area contributed by atoms with Crippen molar-refractivity contribution in [3.8, 4) is 0 Å². The maximum atomic E-state index is 11.5. The molecule has 0 spiro atoms. The Hall–Kier alpha value is -1.39. The third kappa shape index (κ3) is 6.36. The molecule has 0 bridgehead atoms. The van der Waals surface area contributed by atoms with Crippen molar-refractivity contribution in [2.45, 2.75) is 45.9 Å². The highest BCUT2D eigenvalue weighted by Crippen LogP contribution is 2.03. The van der Waals surface area contributed by atoms with Crippen LogP contribution in [0.4, 0.5) is 0 Å². The topological polar surface area (TPSA) is 61.4 Å². The van der Waals surface area contributed by atoms with E-state index in [-0.39, 0.29) is 18.6 Å². The fourth-order valence-electron chi connectivity index (χ4n) is 1.65. The minimum Gasteiger partial charge on any atom is -0.392 e. The normalized spacial score (nSPS) is 12.2. The van der Waals surface area contributed by atoms with Gasteiger partial charge in [-0.1, -0.05) is 31.2 Å². The lowest BCUT2D eigenvalue weighted by Gasteiger charge is -2.11. The zero-order valence-corrected chi connectivity index (χ0v) is 11.8. The summed E-state index contributed by atoms with van der Waals surface area (Å²) in [5, 5.41) is 15.1. The third-order valence-electron chi connectivity index (χ3n) is 3.08. The van der Waals surface area contributed by atoms with Crippen LogP contribution >= 0.6 is 0 Å². The van der Waals surface area contributed by atoms with Crippen molar-refractivity contribution in [1.29, 1.82) is 0 Å². The first-order valence-electron chi connectivity index (χ1n) is 6.84. The average Bonchev–Trinajstić information content (AvgIpc) is 2.44. The van der Waals surface area contributed by atoms with Crippen LogP contribution in [0.3, 0.4) is 0 Å². The van der Waals surface area contributed by atoms with Gasteiger partial charge in [-0.15, -0.1) is 0 Å². The van der Waals surface area contributed by atoms with Gasteiger partial charge in [0.25, 0.3) is 0 Å². The largest absolute Gasteiger partial charge is 0.392 e. The van der Waals surface area contributed by atoms with E-state index in [4.69, 9.17) is 5.11 Å². The van der Waals surface area contributed by atoms with Crippen LogP contribution in [0.15, 0.2) is 24.3 Å². The molecule has 106 valence electrons. The van der Waals surface area contributed by atoms with Crippen LogP contribution in [-0.2, 0) is 17.9 Å². The molecule has 0 saturated carbocycles. The molecule has 0 aliphatic rings. The van der Waals surface area contributed by atoms with Gasteiger partial charge in [-0.2, -0.15) is 0 Å². The minimum absolute atomic E-state index is 0.0729. The average molecular weight is 264 g/mol. The van der Waals surface area contributed by atoms with Crippen LogP contribution in [0.2, 0.25) is 0 Å². The molecule has 4 heteroatoms. The van der Waals surface area contributed by atoms with E-state index in [0.717, 1.165) is 24.1 Å². The molecule has 1 unspecified atom stereocenters. The van der Waals surface area contributed by atoms with E-state index in [0.29, 0.717) is 13.0 Å². The van der Waals surface area contributed by atoms with Crippen molar-refractivity contribution in [1.82, 2.24) is 10.6 Å². The molecule has 19 heavy (non-hydrogen) atoms. The summed E-state index contributed by atoms with van der Waals surface area (Å²) in [6.45, 7) is 5.54. The summed E-state index contributed by atoms with van der Waals surface area (Å²) in [6, 6.07) is 8.04. The molecule has 1 rings (SSSR count). The molecule has 0 aliphatic carbocycles. The molecule has 0 fully saturated rings. The Kier molecular flexibility index (Phi) is 7.15. The van der Waals surface area contributed by atoms with Crippen LogP contribution in [-0.4, -0.2) is 23.6 Å². The Bertz CT molecular complexity index is 376. The van der Waals surface area contributed by atoms with E-state index in [1.165, 1.54) is 0 Å². The smallest absolute Gasteiger partial charge is 0.221 e. The van der Waals surface area contributed by atoms with E-state index in [2.05, 4.69) is 17.6 Å². The van der Waals surface area contributed by atoms with Gasteiger partial charge < -0.3 is 15.7 Å². The summed E-state index contributed by atoms with van der Waals surface area (Å²) in [5.41, 5.74) is 2.07. The molecule has 0 radical (unpaired) electrons. The highest BCUT2D eigenvalue weighted by Gasteiger charge is 2.04. The minimum atomic E-state index is 0.0729. The lowest BCUT2D eigenvalue weighted by atomic mass is 10.1. The summed E-state index contributed by atoms with van der Waals surface area (Å²) in [7, 11) is 0. The fourth-order valence-corrected chi connectivity index (χ4v) is 1.65. The first-order chi connectivity index (χ1) is 9.15. The molecule has 1 aromatic carbocycles. The Morgan fingerprint density at radius 2 is 1.89 bits per heavy atom. The maximum Gasteiger partial charge on any atom is 0.221 e. The van der Waals surface area contributed by atoms with Crippen molar-refractivity contribution >= 4 is 5.91 Å². The molecular formula is C15H24N2O2. The second-order valence-corrected chi connectivity index (χ2v) is 4.78. The van der Waals surface area contributed by atoms with Crippen LogP contribution in [0.25, 0.3) is 0 Å². The number of aliphatic hydroxyl groups is 1. The van der Waals surface area contributed by atoms with E-state index in [9.17, 15) is 4.79 Å². The van der Waals surface area contributed by atoms with Crippen molar-refractivity contribution in [3.63, 3.8) is 0 Å². The number of aliphatic hydroxyl groups excluding tert-OH is 1. The third-order valence-corrected chi connectivity index (χ3v) is 3.08. The van der Waals surface area contributed by atoms with Crippen LogP contribution < -0.4 is 10.6 Å². The Morgan fingerprint density at radius 3 is 2.47 bits per heavy atom. The first-order valence-corrected chi connectivity index (χ1v) is 6.84. The zero-order valence-electron chi connectivity index (χ0n) is 11.8. The summed E-state index contributed by atoms with van der Waals surface area (Å²) in [4.78, 5) is 11.5. The molecule has 1 amide bonds. The van der Waals surface area contributed by atoms with Crippen molar-refractivity contribution in [2.24, 2.45) is 0 Å². The van der Waals surface area contributed by atoms with Gasteiger partial charge in [-0.3, -0.25) is 4.79 Å². The number of hydrogen-bond acceptors (Lipinski definition) is 3. The zero-order chi connectivity index (χ0) is 14.1. The Labute approximate surface area is 115 Å². The van der Waals surface area contributed by atoms with E-state index < -0.39 is 0 Å². The number of carbonyl (C=O) groups is 1. The summed E-state index contributed by atoms with van der Waals surface area (Å²) < 4.78 is 0. The van der Waals surface area contributed by atoms with Crippen molar-refractivity contribution < 1.29 is 9.90 Å². The number of carbonyl (C=O) groups excluding carboxylic acids is 1. The maximum absolute atomic E-state index is 11.5. The summed E-state index contributed by atoms with van der Waals surface area (Å²) in [6.07, 6.45) is 1.45. The summed E-state index contributed by atoms with van der Waals surface area (Å²) in [5.74, 6) is 0.0949. The fraction of sp³-hybridized carbons (Fsp3) is 0.533. The van der Waals surface area contributed by atoms with Crippen molar-refractivity contribution in [2.75, 3.05) is 6.54 Å². The van der Waals surface area contributed by atoms with Gasteiger partial charge in [-0.25, -0.2) is 0 Å². The number of amides is 1. The molecule has 0 aromatic heterocycles. The predicted octanol–water partition coefficient (Wildman–Crippen LogP) is 1.57. The molecule has 4 nitrogen and oxygen atoms in total. The monoisotopic (exact) mass is 264 g/mol. The molecule has 3 N–H and O–H groups in total. The second-order valence-electron chi connectivity index (χ2n) is 4.78. The molecule has 1 aromatic rings. The van der Waals surface area contributed by atoms with E-state index in [1.807, 2.05) is 31.2 Å². The van der Waals surface area contributed by atoms with Gasteiger partial charge in [0.05, 0.1) is 6.61 Å². The highest BCUT2D eigenvalue weighted by atomic mass is 16.3. The number of nitrogens with one attached hydrogen (secondary N) is 2. The van der Waals surface area contributed by atoms with Gasteiger partial charge in [0, 0.05) is 25.6 Å². The molecule has 0 heterocycles. The van der Waals surface area contributed by atoms with Gasteiger partial charge in [0.2, 0.25) is 5.91 Å². The van der Waals surface area contributed by atoms with Crippen LogP contribution in [0.1, 0.15) is 37.8 Å². The van der Waals surface area contributed by atoms with Crippen LogP contribution in [0.5, 0.6) is 0 Å². The lowest BCUT2D eigenvalue weighted by Crippen LogP contribution is -2.33. The van der Waals surface area contributed by atoms with Gasteiger partial charge in [0.15, 0.2) is 0 Å². The molecule has 1 atom stereocenters. The van der Waals surface area contributed by atoms with Crippen molar-refractivity contribution in [3.05, 3.63) is 35.4 Å². The quantitative estimate of drug-likeness (QED) is 0.625. The highest BCUT2D eigenvalue weighted by molar-refractivity contribution is 5.76.